The van der Waals surface area contributed by atoms with E-state index in [0.717, 1.165) is 12.8 Å². The van der Waals surface area contributed by atoms with Crippen LogP contribution in [-0.2, 0) is 24.4 Å². The van der Waals surface area contributed by atoms with Gasteiger partial charge in [0.15, 0.2) is 5.69 Å². The molecule has 2 heterocycles. The van der Waals surface area contributed by atoms with Crippen molar-refractivity contribution in [2.24, 2.45) is 5.92 Å². The lowest BCUT2D eigenvalue weighted by Gasteiger charge is -2.11. The maximum atomic E-state index is 12.4. The predicted octanol–water partition coefficient (Wildman–Crippen LogP) is 4.27. The van der Waals surface area contributed by atoms with E-state index in [2.05, 4.69) is 25.7 Å². The molecule has 2 N–H and O–H groups in total. The zero-order chi connectivity index (χ0) is 28.5. The Morgan fingerprint density at radius 3 is 2.60 bits per heavy atom. The molecule has 0 saturated heterocycles. The van der Waals surface area contributed by atoms with E-state index in [1.54, 1.807) is 22.9 Å². The number of hydrogen-bond donors (Lipinski definition) is 2. The quantitative estimate of drug-likeness (QED) is 0.320. The second kappa shape index (κ2) is 13.3. The maximum Gasteiger partial charge on any atom is 0.573 e. The van der Waals surface area contributed by atoms with Crippen LogP contribution < -0.4 is 20.9 Å². The number of alkyl halides is 3. The van der Waals surface area contributed by atoms with E-state index in [1.165, 1.54) is 48.0 Å². The standard InChI is InChI=1S/C27H31F3N6O4/c28-27(29,30)40-22-9-5-8-20(14-22)17-31-26(39)23-18-36(34-33-23)12-4-3-11-35-13-10-21(16-25(35)38)32-24(37)15-19-6-1-2-7-19/h5,8-10,13-14,16,18-19H,1-4,6-7,11-12,15,17H2,(H,31,39)(H,32,37). The van der Waals surface area contributed by atoms with Gasteiger partial charge in [-0.2, -0.15) is 0 Å². The van der Waals surface area contributed by atoms with Gasteiger partial charge in [-0.05, 0) is 55.4 Å². The molecular weight excluding hydrogens is 529 g/mol. The van der Waals surface area contributed by atoms with Gasteiger partial charge < -0.3 is 19.9 Å². The molecule has 2 aromatic heterocycles. The second-order valence-electron chi connectivity index (χ2n) is 9.80. The fourth-order valence-electron chi connectivity index (χ4n) is 4.65. The normalized spacial score (nSPS) is 13.8. The number of amides is 2. The summed E-state index contributed by atoms with van der Waals surface area (Å²) in [6, 6.07) is 8.47. The summed E-state index contributed by atoms with van der Waals surface area (Å²) in [4.78, 5) is 37.0. The number of rotatable bonds is 12. The first-order valence-electron chi connectivity index (χ1n) is 13.2. The van der Waals surface area contributed by atoms with Crippen molar-refractivity contribution in [1.29, 1.82) is 0 Å². The molecule has 214 valence electrons. The molecule has 2 amide bonds. The molecule has 1 aliphatic carbocycles. The fraction of sp³-hybridized carbons (Fsp3) is 0.444. The number of nitrogens with one attached hydrogen (secondary N) is 2. The van der Waals surface area contributed by atoms with Gasteiger partial charge in [0.2, 0.25) is 5.91 Å². The van der Waals surface area contributed by atoms with Crippen LogP contribution in [0, 0.1) is 5.92 Å². The highest BCUT2D eigenvalue weighted by molar-refractivity contribution is 5.91. The molecule has 0 aliphatic heterocycles. The van der Waals surface area contributed by atoms with E-state index in [0.29, 0.717) is 49.5 Å². The van der Waals surface area contributed by atoms with Crippen molar-refractivity contribution in [3.63, 3.8) is 0 Å². The van der Waals surface area contributed by atoms with E-state index in [-0.39, 0.29) is 29.5 Å². The van der Waals surface area contributed by atoms with Crippen LogP contribution in [0.25, 0.3) is 0 Å². The van der Waals surface area contributed by atoms with E-state index >= 15 is 0 Å². The minimum Gasteiger partial charge on any atom is -0.406 e. The van der Waals surface area contributed by atoms with E-state index in [4.69, 9.17) is 0 Å². The Labute approximate surface area is 228 Å². The molecule has 1 fully saturated rings. The third-order valence-corrected chi connectivity index (χ3v) is 6.62. The number of carbonyl (C=O) groups excluding carboxylic acids is 2. The molecule has 13 heteroatoms. The third-order valence-electron chi connectivity index (χ3n) is 6.62. The van der Waals surface area contributed by atoms with E-state index < -0.39 is 12.3 Å². The Balaban J connectivity index is 1.18. The lowest BCUT2D eigenvalue weighted by atomic mass is 10.0. The van der Waals surface area contributed by atoms with Gasteiger partial charge in [0.25, 0.3) is 11.5 Å². The summed E-state index contributed by atoms with van der Waals surface area (Å²) >= 11 is 0. The molecule has 0 bridgehead atoms. The first-order valence-corrected chi connectivity index (χ1v) is 13.2. The number of nitrogens with zero attached hydrogens (tertiary/aromatic N) is 4. The molecule has 0 atom stereocenters. The number of aryl methyl sites for hydroxylation is 2. The van der Waals surface area contributed by atoms with Crippen LogP contribution in [0.1, 0.15) is 61.0 Å². The number of unbranched alkanes of at least 4 members (excludes halogenated alkanes) is 1. The summed E-state index contributed by atoms with van der Waals surface area (Å²) in [7, 11) is 0. The van der Waals surface area contributed by atoms with Crippen molar-refractivity contribution in [3.8, 4) is 5.75 Å². The minimum absolute atomic E-state index is 0.0154. The molecule has 3 aromatic rings. The molecule has 10 nitrogen and oxygen atoms in total. The number of pyridine rings is 1. The van der Waals surface area contributed by atoms with E-state index in [9.17, 15) is 27.6 Å². The number of hydrogen-bond acceptors (Lipinski definition) is 6. The van der Waals surface area contributed by atoms with Crippen molar-refractivity contribution in [2.45, 2.75) is 70.9 Å². The van der Waals surface area contributed by atoms with Crippen molar-refractivity contribution >= 4 is 17.5 Å². The van der Waals surface area contributed by atoms with Gasteiger partial charge in [-0.15, -0.1) is 18.3 Å². The van der Waals surface area contributed by atoms with Crippen LogP contribution in [0.15, 0.2) is 53.6 Å². The van der Waals surface area contributed by atoms with Crippen LogP contribution in [0.4, 0.5) is 18.9 Å². The lowest BCUT2D eigenvalue weighted by molar-refractivity contribution is -0.274. The Morgan fingerprint density at radius 1 is 1.07 bits per heavy atom. The zero-order valence-electron chi connectivity index (χ0n) is 21.8. The molecule has 1 saturated carbocycles. The Morgan fingerprint density at radius 2 is 1.85 bits per heavy atom. The Kier molecular flexibility index (Phi) is 9.56. The minimum atomic E-state index is -4.80. The number of aromatic nitrogens is 4. The number of benzene rings is 1. The summed E-state index contributed by atoms with van der Waals surface area (Å²) < 4.78 is 44.1. The summed E-state index contributed by atoms with van der Waals surface area (Å²) in [5, 5.41) is 13.2. The maximum absolute atomic E-state index is 12.4. The first-order chi connectivity index (χ1) is 19.1. The van der Waals surface area contributed by atoms with Gasteiger partial charge >= 0.3 is 6.36 Å². The van der Waals surface area contributed by atoms with Gasteiger partial charge in [0, 0.05) is 44.0 Å². The Bertz CT molecular complexity index is 1360. The molecular formula is C27H31F3N6O4. The molecule has 1 aliphatic rings. The largest absolute Gasteiger partial charge is 0.573 e. The number of carbonyl (C=O) groups is 2. The smallest absolute Gasteiger partial charge is 0.406 e. The molecule has 0 unspecified atom stereocenters. The van der Waals surface area contributed by atoms with Crippen LogP contribution in [-0.4, -0.2) is 37.7 Å². The highest BCUT2D eigenvalue weighted by Crippen LogP contribution is 2.27. The summed E-state index contributed by atoms with van der Waals surface area (Å²) in [5.74, 6) is -0.515. The van der Waals surface area contributed by atoms with Crippen molar-refractivity contribution in [1.82, 2.24) is 24.9 Å². The molecule has 0 spiro atoms. The molecule has 40 heavy (non-hydrogen) atoms. The van der Waals surface area contributed by atoms with Gasteiger partial charge in [0.1, 0.15) is 5.75 Å². The SMILES string of the molecule is O=C(CC1CCCC1)Nc1ccn(CCCCn2cc(C(=O)NCc3cccc(OC(F)(F)F)c3)nn2)c(=O)c1. The first kappa shape index (κ1) is 28.8. The summed E-state index contributed by atoms with van der Waals surface area (Å²) in [6.07, 6.45) is 4.69. The average Bonchev–Trinajstić information content (AvgIpc) is 3.58. The molecule has 1 aromatic carbocycles. The second-order valence-corrected chi connectivity index (χ2v) is 9.80. The van der Waals surface area contributed by atoms with E-state index in [1.807, 2.05) is 0 Å². The van der Waals surface area contributed by atoms with Gasteiger partial charge in [-0.3, -0.25) is 19.1 Å². The summed E-state index contributed by atoms with van der Waals surface area (Å²) in [6.45, 7) is 0.938. The lowest BCUT2D eigenvalue weighted by Crippen LogP contribution is -2.23. The van der Waals surface area contributed by atoms with Crippen LogP contribution in [0.2, 0.25) is 0 Å². The van der Waals surface area contributed by atoms with Crippen molar-refractivity contribution < 1.29 is 27.5 Å². The highest BCUT2D eigenvalue weighted by atomic mass is 19.4. The number of ether oxygens (including phenoxy) is 1. The monoisotopic (exact) mass is 560 g/mol. The molecule has 4 rings (SSSR count). The fourth-order valence-corrected chi connectivity index (χ4v) is 4.65. The summed E-state index contributed by atoms with van der Waals surface area (Å²) in [5.41, 5.74) is 0.801. The van der Waals surface area contributed by atoms with Gasteiger partial charge in [0.05, 0.1) is 6.20 Å². The van der Waals surface area contributed by atoms with Crippen LogP contribution >= 0.6 is 0 Å². The zero-order valence-corrected chi connectivity index (χ0v) is 21.8. The molecule has 0 radical (unpaired) electrons. The van der Waals surface area contributed by atoms with Crippen molar-refractivity contribution in [3.05, 3.63) is 70.4 Å². The predicted molar refractivity (Wildman–Crippen MR) is 139 cm³/mol. The topological polar surface area (TPSA) is 120 Å². The third kappa shape index (κ3) is 8.95. The number of halogens is 3. The number of anilines is 1. The van der Waals surface area contributed by atoms with Gasteiger partial charge in [-0.25, -0.2) is 0 Å². The van der Waals surface area contributed by atoms with Gasteiger partial charge in [-0.1, -0.05) is 30.2 Å². The Hall–Kier alpha value is -4.16. The highest BCUT2D eigenvalue weighted by Gasteiger charge is 2.31. The van der Waals surface area contributed by atoms with Crippen LogP contribution in [0.5, 0.6) is 5.75 Å². The van der Waals surface area contributed by atoms with Crippen LogP contribution in [0.3, 0.4) is 0 Å². The van der Waals surface area contributed by atoms with Crippen molar-refractivity contribution in [2.75, 3.05) is 5.32 Å². The average molecular weight is 561 g/mol.